The van der Waals surface area contributed by atoms with Crippen molar-refractivity contribution in [1.82, 2.24) is 0 Å². The zero-order valence-electron chi connectivity index (χ0n) is 15.9. The van der Waals surface area contributed by atoms with Gasteiger partial charge in [0.05, 0.1) is 5.92 Å². The second kappa shape index (κ2) is 8.13. The van der Waals surface area contributed by atoms with Crippen molar-refractivity contribution in [3.05, 3.63) is 58.6 Å². The summed E-state index contributed by atoms with van der Waals surface area (Å²) in [6.45, 7) is 6.39. The molecule has 3 rings (SSSR count). The van der Waals surface area contributed by atoms with Gasteiger partial charge in [-0.25, -0.2) is 0 Å². The van der Waals surface area contributed by atoms with Gasteiger partial charge in [-0.3, -0.25) is 9.59 Å². The Morgan fingerprint density at radius 1 is 1.26 bits per heavy atom. The molecule has 1 amide bonds. The Morgan fingerprint density at radius 3 is 2.74 bits per heavy atom. The SMILES string of the molecule is CC[C@@H](C)c1ccccc1OC(=O)[C@H]1CC(=O)N(c2cccc(Cl)c2C)C1. The van der Waals surface area contributed by atoms with Gasteiger partial charge in [0, 0.05) is 23.7 Å². The lowest BCUT2D eigenvalue weighted by Crippen LogP contribution is -2.28. The first kappa shape index (κ1) is 19.4. The van der Waals surface area contributed by atoms with E-state index in [1.807, 2.05) is 43.3 Å². The van der Waals surface area contributed by atoms with Crippen molar-refractivity contribution in [2.24, 2.45) is 5.92 Å². The van der Waals surface area contributed by atoms with Crippen LogP contribution in [0.15, 0.2) is 42.5 Å². The molecule has 2 aromatic carbocycles. The fourth-order valence-corrected chi connectivity index (χ4v) is 3.55. The Balaban J connectivity index is 1.76. The van der Waals surface area contributed by atoms with E-state index in [4.69, 9.17) is 16.3 Å². The highest BCUT2D eigenvalue weighted by molar-refractivity contribution is 6.31. The Morgan fingerprint density at radius 2 is 2.00 bits per heavy atom. The van der Waals surface area contributed by atoms with Crippen molar-refractivity contribution in [2.75, 3.05) is 11.4 Å². The number of nitrogens with zero attached hydrogens (tertiary/aromatic N) is 1. The molecule has 0 unspecified atom stereocenters. The molecule has 1 aliphatic heterocycles. The summed E-state index contributed by atoms with van der Waals surface area (Å²) in [6.07, 6.45) is 1.11. The Kier molecular flexibility index (Phi) is 5.85. The van der Waals surface area contributed by atoms with Crippen molar-refractivity contribution in [3.63, 3.8) is 0 Å². The lowest BCUT2D eigenvalue weighted by Gasteiger charge is -2.20. The molecule has 0 bridgehead atoms. The van der Waals surface area contributed by atoms with E-state index in [1.54, 1.807) is 11.0 Å². The molecule has 2 aromatic rings. The third-order valence-corrected chi connectivity index (χ3v) is 5.67. The standard InChI is InChI=1S/C22H24ClNO3/c1-4-14(2)17-8-5-6-11-20(17)27-22(26)16-12-21(25)24(13-16)19-10-7-9-18(23)15(19)3/h5-11,14,16H,4,12-13H2,1-3H3/t14-,16+/m1/s1. The maximum absolute atomic E-state index is 12.7. The predicted molar refractivity (Wildman–Crippen MR) is 107 cm³/mol. The van der Waals surface area contributed by atoms with Gasteiger partial charge in [-0.2, -0.15) is 0 Å². The van der Waals surface area contributed by atoms with Gasteiger partial charge in [0.25, 0.3) is 0 Å². The monoisotopic (exact) mass is 385 g/mol. The Hall–Kier alpha value is -2.33. The minimum atomic E-state index is -0.485. The number of halogens is 1. The second-order valence-corrected chi connectivity index (χ2v) is 7.46. The second-order valence-electron chi connectivity index (χ2n) is 7.06. The van der Waals surface area contributed by atoms with Gasteiger partial charge in [0.2, 0.25) is 5.91 Å². The fraction of sp³-hybridized carbons (Fsp3) is 0.364. The first-order chi connectivity index (χ1) is 12.9. The molecular weight excluding hydrogens is 362 g/mol. The van der Waals surface area contributed by atoms with Crippen LogP contribution in [-0.4, -0.2) is 18.4 Å². The highest BCUT2D eigenvalue weighted by Crippen LogP contribution is 2.33. The molecule has 4 nitrogen and oxygen atoms in total. The Labute approximate surface area is 165 Å². The van der Waals surface area contributed by atoms with E-state index in [-0.39, 0.29) is 18.3 Å². The van der Waals surface area contributed by atoms with Gasteiger partial charge in [0.15, 0.2) is 0 Å². The van der Waals surface area contributed by atoms with Gasteiger partial charge >= 0.3 is 5.97 Å². The average molecular weight is 386 g/mol. The zero-order chi connectivity index (χ0) is 19.6. The van der Waals surface area contributed by atoms with Crippen LogP contribution in [0.4, 0.5) is 5.69 Å². The van der Waals surface area contributed by atoms with Crippen LogP contribution < -0.4 is 9.64 Å². The van der Waals surface area contributed by atoms with Crippen LogP contribution >= 0.6 is 11.6 Å². The summed E-state index contributed by atoms with van der Waals surface area (Å²) in [6, 6.07) is 13.1. The number of hydrogen-bond acceptors (Lipinski definition) is 3. The summed E-state index contributed by atoms with van der Waals surface area (Å²) in [7, 11) is 0. The number of rotatable bonds is 5. The number of benzene rings is 2. The van der Waals surface area contributed by atoms with Crippen LogP contribution in [0, 0.1) is 12.8 Å². The molecular formula is C22H24ClNO3. The quantitative estimate of drug-likeness (QED) is 0.530. The minimum Gasteiger partial charge on any atom is -0.426 e. The normalized spacial score (nSPS) is 17.9. The molecule has 0 radical (unpaired) electrons. The van der Waals surface area contributed by atoms with Crippen molar-refractivity contribution >= 4 is 29.2 Å². The largest absolute Gasteiger partial charge is 0.426 e. The van der Waals surface area contributed by atoms with Crippen molar-refractivity contribution in [2.45, 2.75) is 39.5 Å². The van der Waals surface area contributed by atoms with Crippen molar-refractivity contribution in [3.8, 4) is 5.75 Å². The number of ether oxygens (including phenoxy) is 1. The van der Waals surface area contributed by atoms with E-state index in [0.29, 0.717) is 23.2 Å². The number of anilines is 1. The number of carbonyl (C=O) groups excluding carboxylic acids is 2. The summed E-state index contributed by atoms with van der Waals surface area (Å²) in [5.41, 5.74) is 2.60. The zero-order valence-corrected chi connectivity index (χ0v) is 16.6. The fourth-order valence-electron chi connectivity index (χ4n) is 3.38. The van der Waals surface area contributed by atoms with Crippen LogP contribution in [0.5, 0.6) is 5.75 Å². The van der Waals surface area contributed by atoms with Crippen molar-refractivity contribution < 1.29 is 14.3 Å². The van der Waals surface area contributed by atoms with Crippen LogP contribution in [-0.2, 0) is 9.59 Å². The summed E-state index contributed by atoms with van der Waals surface area (Å²) < 4.78 is 5.70. The molecule has 0 N–H and O–H groups in total. The van der Waals surface area contributed by atoms with Gasteiger partial charge in [0.1, 0.15) is 5.75 Å². The third-order valence-electron chi connectivity index (χ3n) is 5.26. The third kappa shape index (κ3) is 4.01. The molecule has 1 saturated heterocycles. The van der Waals surface area contributed by atoms with Crippen LogP contribution in [0.25, 0.3) is 0 Å². The molecule has 0 saturated carbocycles. The van der Waals surface area contributed by atoms with E-state index in [2.05, 4.69) is 13.8 Å². The molecule has 27 heavy (non-hydrogen) atoms. The van der Waals surface area contributed by atoms with Gasteiger partial charge < -0.3 is 9.64 Å². The first-order valence-electron chi connectivity index (χ1n) is 9.28. The summed E-state index contributed by atoms with van der Waals surface area (Å²) >= 11 is 6.18. The predicted octanol–water partition coefficient (Wildman–Crippen LogP) is 5.12. The number of carbonyl (C=O) groups is 2. The molecule has 5 heteroatoms. The average Bonchev–Trinajstić information content (AvgIpc) is 3.05. The molecule has 2 atom stereocenters. The van der Waals surface area contributed by atoms with E-state index in [0.717, 1.165) is 23.2 Å². The number of hydrogen-bond donors (Lipinski definition) is 0. The van der Waals surface area contributed by atoms with E-state index >= 15 is 0 Å². The minimum absolute atomic E-state index is 0.0856. The van der Waals surface area contributed by atoms with Crippen LogP contribution in [0.1, 0.15) is 43.7 Å². The number of para-hydroxylation sites is 1. The van der Waals surface area contributed by atoms with Crippen LogP contribution in [0.3, 0.4) is 0 Å². The molecule has 0 aromatic heterocycles. The summed E-state index contributed by atoms with van der Waals surface area (Å²) in [4.78, 5) is 26.9. The van der Waals surface area contributed by atoms with Gasteiger partial charge in [-0.05, 0) is 48.6 Å². The lowest BCUT2D eigenvalue weighted by atomic mass is 9.98. The molecule has 142 valence electrons. The highest BCUT2D eigenvalue weighted by Gasteiger charge is 2.37. The molecule has 0 spiro atoms. The molecule has 0 aliphatic carbocycles. The van der Waals surface area contributed by atoms with E-state index in [9.17, 15) is 9.59 Å². The van der Waals surface area contributed by atoms with Gasteiger partial charge in [-0.15, -0.1) is 0 Å². The summed E-state index contributed by atoms with van der Waals surface area (Å²) in [5, 5.41) is 0.605. The first-order valence-corrected chi connectivity index (χ1v) is 9.66. The smallest absolute Gasteiger partial charge is 0.316 e. The van der Waals surface area contributed by atoms with Crippen molar-refractivity contribution in [1.29, 1.82) is 0 Å². The lowest BCUT2D eigenvalue weighted by molar-refractivity contribution is -0.139. The number of amides is 1. The Bertz CT molecular complexity index is 864. The highest BCUT2D eigenvalue weighted by atomic mass is 35.5. The van der Waals surface area contributed by atoms with E-state index < -0.39 is 5.92 Å². The van der Waals surface area contributed by atoms with E-state index in [1.165, 1.54) is 0 Å². The molecule has 1 heterocycles. The van der Waals surface area contributed by atoms with Gasteiger partial charge in [-0.1, -0.05) is 49.7 Å². The maximum Gasteiger partial charge on any atom is 0.316 e. The summed E-state index contributed by atoms with van der Waals surface area (Å²) in [5.74, 6) is -0.0498. The van der Waals surface area contributed by atoms with Crippen LogP contribution in [0.2, 0.25) is 5.02 Å². The molecule has 1 fully saturated rings. The number of esters is 1. The topological polar surface area (TPSA) is 46.6 Å². The maximum atomic E-state index is 12.7. The molecule has 1 aliphatic rings.